The summed E-state index contributed by atoms with van der Waals surface area (Å²) in [7, 11) is 0. The summed E-state index contributed by atoms with van der Waals surface area (Å²) in [5.41, 5.74) is -0.669. The Morgan fingerprint density at radius 3 is 2.05 bits per heavy atom. The lowest BCUT2D eigenvalue weighted by Crippen LogP contribution is -2.72. The number of carbonyl (C=O) groups is 2. The molecule has 0 saturated carbocycles. The van der Waals surface area contributed by atoms with Crippen molar-refractivity contribution in [3.05, 3.63) is 0 Å². The Bertz CT molecular complexity index is 348. The standard InChI is InChI=1S/C15H28N2O2/c1-7-11(6)17-13(18)12(10(4)5)16-14(19)15(17,8-2)9-3/h10-12H,7-9H2,1-6H3,(H,16,19). The Kier molecular flexibility index (Phi) is 4.99. The van der Waals surface area contributed by atoms with Crippen molar-refractivity contribution in [2.24, 2.45) is 5.92 Å². The van der Waals surface area contributed by atoms with E-state index in [4.69, 9.17) is 0 Å². The minimum absolute atomic E-state index is 0.0103. The van der Waals surface area contributed by atoms with Crippen molar-refractivity contribution in [3.8, 4) is 0 Å². The molecule has 1 rings (SSSR count). The molecule has 0 spiro atoms. The van der Waals surface area contributed by atoms with Crippen LogP contribution < -0.4 is 5.32 Å². The molecule has 19 heavy (non-hydrogen) atoms. The van der Waals surface area contributed by atoms with Crippen molar-refractivity contribution >= 4 is 11.8 Å². The molecule has 2 unspecified atom stereocenters. The smallest absolute Gasteiger partial charge is 0.246 e. The molecule has 0 aliphatic carbocycles. The minimum atomic E-state index is -0.669. The third-order valence-corrected chi connectivity index (χ3v) is 4.54. The van der Waals surface area contributed by atoms with E-state index < -0.39 is 5.54 Å². The van der Waals surface area contributed by atoms with Crippen LogP contribution in [0.25, 0.3) is 0 Å². The molecule has 0 bridgehead atoms. The first-order valence-electron chi connectivity index (χ1n) is 7.49. The third kappa shape index (κ3) is 2.49. The van der Waals surface area contributed by atoms with E-state index in [1.165, 1.54) is 0 Å². The fourth-order valence-corrected chi connectivity index (χ4v) is 2.99. The highest BCUT2D eigenvalue weighted by atomic mass is 16.2. The van der Waals surface area contributed by atoms with Crippen LogP contribution in [-0.4, -0.2) is 34.3 Å². The number of piperazine rings is 1. The Hall–Kier alpha value is -1.06. The Morgan fingerprint density at radius 2 is 1.68 bits per heavy atom. The lowest BCUT2D eigenvalue weighted by molar-refractivity contribution is -0.163. The van der Waals surface area contributed by atoms with Gasteiger partial charge in [-0.05, 0) is 32.1 Å². The number of hydrogen-bond donors (Lipinski definition) is 1. The van der Waals surface area contributed by atoms with E-state index in [2.05, 4.69) is 12.2 Å². The second kappa shape index (κ2) is 5.93. The molecule has 110 valence electrons. The largest absolute Gasteiger partial charge is 0.342 e. The van der Waals surface area contributed by atoms with Crippen molar-refractivity contribution in [2.75, 3.05) is 0 Å². The first kappa shape index (κ1) is 16.0. The molecule has 0 radical (unpaired) electrons. The Balaban J connectivity index is 3.25. The molecule has 1 fully saturated rings. The highest BCUT2D eigenvalue weighted by molar-refractivity contribution is 6.00. The van der Waals surface area contributed by atoms with Gasteiger partial charge < -0.3 is 10.2 Å². The van der Waals surface area contributed by atoms with Gasteiger partial charge in [-0.1, -0.05) is 34.6 Å². The van der Waals surface area contributed by atoms with Gasteiger partial charge in [0, 0.05) is 6.04 Å². The van der Waals surface area contributed by atoms with Crippen molar-refractivity contribution in [1.29, 1.82) is 0 Å². The highest BCUT2D eigenvalue weighted by Crippen LogP contribution is 2.32. The van der Waals surface area contributed by atoms with Gasteiger partial charge in [0.15, 0.2) is 0 Å². The SMILES string of the molecule is CCC(C)N1C(=O)C(C(C)C)NC(=O)C1(CC)CC. The summed E-state index contributed by atoms with van der Waals surface area (Å²) in [6.45, 7) is 12.0. The zero-order valence-electron chi connectivity index (χ0n) is 13.1. The van der Waals surface area contributed by atoms with Crippen LogP contribution in [0.3, 0.4) is 0 Å². The quantitative estimate of drug-likeness (QED) is 0.832. The zero-order valence-corrected chi connectivity index (χ0v) is 13.1. The molecule has 1 aliphatic heterocycles. The summed E-state index contributed by atoms with van der Waals surface area (Å²) in [6, 6.07) is -0.285. The average Bonchev–Trinajstić information content (AvgIpc) is 2.39. The molecule has 2 atom stereocenters. The van der Waals surface area contributed by atoms with Gasteiger partial charge in [-0.15, -0.1) is 0 Å². The Labute approximate surface area is 116 Å². The van der Waals surface area contributed by atoms with Crippen LogP contribution in [0.1, 0.15) is 60.8 Å². The molecule has 0 aromatic carbocycles. The van der Waals surface area contributed by atoms with Gasteiger partial charge in [0.05, 0.1) is 0 Å². The first-order valence-corrected chi connectivity index (χ1v) is 7.49. The van der Waals surface area contributed by atoms with E-state index in [-0.39, 0.29) is 29.8 Å². The molecule has 0 aromatic heterocycles. The molecular formula is C15H28N2O2. The van der Waals surface area contributed by atoms with E-state index in [0.717, 1.165) is 6.42 Å². The molecule has 0 aromatic rings. The van der Waals surface area contributed by atoms with Crippen LogP contribution in [0.4, 0.5) is 0 Å². The maximum atomic E-state index is 12.8. The summed E-state index contributed by atoms with van der Waals surface area (Å²) in [5, 5.41) is 2.94. The van der Waals surface area contributed by atoms with E-state index in [1.807, 2.05) is 39.5 Å². The van der Waals surface area contributed by atoms with E-state index in [1.54, 1.807) is 0 Å². The van der Waals surface area contributed by atoms with Gasteiger partial charge in [0.2, 0.25) is 11.8 Å². The van der Waals surface area contributed by atoms with Gasteiger partial charge in [0.1, 0.15) is 11.6 Å². The van der Waals surface area contributed by atoms with Gasteiger partial charge in [0.25, 0.3) is 0 Å². The van der Waals surface area contributed by atoms with Crippen LogP contribution >= 0.6 is 0 Å². The van der Waals surface area contributed by atoms with Crippen molar-refractivity contribution in [1.82, 2.24) is 10.2 Å². The van der Waals surface area contributed by atoms with Crippen molar-refractivity contribution < 1.29 is 9.59 Å². The number of nitrogens with zero attached hydrogens (tertiary/aromatic N) is 1. The molecule has 4 nitrogen and oxygen atoms in total. The maximum absolute atomic E-state index is 12.8. The second-order valence-electron chi connectivity index (χ2n) is 5.90. The molecule has 4 heteroatoms. The van der Waals surface area contributed by atoms with Crippen LogP contribution in [0, 0.1) is 5.92 Å². The van der Waals surface area contributed by atoms with Crippen molar-refractivity contribution in [3.63, 3.8) is 0 Å². The fourth-order valence-electron chi connectivity index (χ4n) is 2.99. The molecule has 2 amide bonds. The van der Waals surface area contributed by atoms with Gasteiger partial charge in [-0.25, -0.2) is 0 Å². The lowest BCUT2D eigenvalue weighted by atomic mass is 9.82. The van der Waals surface area contributed by atoms with Crippen LogP contribution in [0.15, 0.2) is 0 Å². The second-order valence-corrected chi connectivity index (χ2v) is 5.90. The number of carbonyl (C=O) groups excluding carboxylic acids is 2. The fraction of sp³-hybridized carbons (Fsp3) is 0.867. The summed E-state index contributed by atoms with van der Waals surface area (Å²) >= 11 is 0. The van der Waals surface area contributed by atoms with Gasteiger partial charge in [-0.2, -0.15) is 0 Å². The molecule has 1 aliphatic rings. The molecule has 1 saturated heterocycles. The minimum Gasteiger partial charge on any atom is -0.342 e. The molecular weight excluding hydrogens is 240 g/mol. The third-order valence-electron chi connectivity index (χ3n) is 4.54. The summed E-state index contributed by atoms with van der Waals surface area (Å²) < 4.78 is 0. The normalized spacial score (nSPS) is 24.6. The number of amides is 2. The zero-order chi connectivity index (χ0) is 14.8. The summed E-state index contributed by atoms with van der Waals surface area (Å²) in [5.74, 6) is 0.207. The van der Waals surface area contributed by atoms with E-state index in [9.17, 15) is 9.59 Å². The summed E-state index contributed by atoms with van der Waals surface area (Å²) in [6.07, 6.45) is 2.19. The summed E-state index contributed by atoms with van der Waals surface area (Å²) in [4.78, 5) is 27.2. The topological polar surface area (TPSA) is 49.4 Å². The Morgan fingerprint density at radius 1 is 1.16 bits per heavy atom. The first-order chi connectivity index (χ1) is 8.85. The van der Waals surface area contributed by atoms with Gasteiger partial charge >= 0.3 is 0 Å². The maximum Gasteiger partial charge on any atom is 0.246 e. The predicted octanol–water partition coefficient (Wildman–Crippen LogP) is 2.33. The van der Waals surface area contributed by atoms with Gasteiger partial charge in [-0.3, -0.25) is 9.59 Å². The van der Waals surface area contributed by atoms with Crippen LogP contribution in [0.2, 0.25) is 0 Å². The number of rotatable bonds is 5. The highest BCUT2D eigenvalue weighted by Gasteiger charge is 2.52. The monoisotopic (exact) mass is 268 g/mol. The van der Waals surface area contributed by atoms with Crippen molar-refractivity contribution in [2.45, 2.75) is 78.4 Å². The van der Waals surface area contributed by atoms with E-state index in [0.29, 0.717) is 12.8 Å². The molecule has 1 heterocycles. The predicted molar refractivity (Wildman–Crippen MR) is 76.7 cm³/mol. The van der Waals surface area contributed by atoms with E-state index >= 15 is 0 Å². The lowest BCUT2D eigenvalue weighted by Gasteiger charge is -2.51. The van der Waals surface area contributed by atoms with Crippen LogP contribution in [-0.2, 0) is 9.59 Å². The van der Waals surface area contributed by atoms with Crippen LogP contribution in [0.5, 0.6) is 0 Å². The number of hydrogen-bond acceptors (Lipinski definition) is 2. The molecule has 1 N–H and O–H groups in total. The number of nitrogens with one attached hydrogen (secondary N) is 1. The average molecular weight is 268 g/mol.